The third kappa shape index (κ3) is 4.45. The first-order valence-electron chi connectivity index (χ1n) is 7.40. The molecule has 1 N–H and O–H groups in total. The number of carboxylic acids is 1. The first kappa shape index (κ1) is 16.3. The van der Waals surface area contributed by atoms with Gasteiger partial charge in [0.25, 0.3) is 0 Å². The lowest BCUT2D eigenvalue weighted by Crippen LogP contribution is -2.32. The Morgan fingerprint density at radius 1 is 1.43 bits per heavy atom. The number of hydrogen-bond donors (Lipinski definition) is 1. The molecule has 0 aliphatic heterocycles. The molecule has 0 bridgehead atoms. The van der Waals surface area contributed by atoms with Crippen LogP contribution < -0.4 is 0 Å². The molecule has 1 fully saturated rings. The predicted molar refractivity (Wildman–Crippen MR) is 83.8 cm³/mol. The number of benzene rings is 1. The number of ether oxygens (including phenoxy) is 1. The van der Waals surface area contributed by atoms with Gasteiger partial charge in [-0.3, -0.25) is 0 Å². The molecule has 0 heterocycles. The van der Waals surface area contributed by atoms with Crippen LogP contribution >= 0.6 is 11.6 Å². The lowest BCUT2D eigenvalue weighted by molar-refractivity contribution is -0.0316. The SMILES string of the molecule is CC1CC(OCc2ccc(C(=O)O)cc2Cl)CC(C)(C)C1. The van der Waals surface area contributed by atoms with E-state index in [4.69, 9.17) is 21.4 Å². The third-order valence-corrected chi connectivity index (χ3v) is 4.47. The van der Waals surface area contributed by atoms with Crippen molar-refractivity contribution in [2.75, 3.05) is 0 Å². The monoisotopic (exact) mass is 310 g/mol. The minimum Gasteiger partial charge on any atom is -0.478 e. The highest BCUT2D eigenvalue weighted by Gasteiger charge is 2.32. The van der Waals surface area contributed by atoms with Crippen molar-refractivity contribution in [3.63, 3.8) is 0 Å². The Kier molecular flexibility index (Phi) is 4.95. The summed E-state index contributed by atoms with van der Waals surface area (Å²) >= 11 is 6.13. The fraction of sp³-hybridized carbons (Fsp3) is 0.588. The number of halogens is 1. The minimum absolute atomic E-state index is 0.205. The Labute approximate surface area is 131 Å². The van der Waals surface area contributed by atoms with Crippen LogP contribution in [0.15, 0.2) is 18.2 Å². The molecule has 116 valence electrons. The first-order valence-corrected chi connectivity index (χ1v) is 7.78. The van der Waals surface area contributed by atoms with Crippen LogP contribution in [0.25, 0.3) is 0 Å². The van der Waals surface area contributed by atoms with Crippen LogP contribution in [-0.2, 0) is 11.3 Å². The van der Waals surface area contributed by atoms with Gasteiger partial charge >= 0.3 is 5.97 Å². The van der Waals surface area contributed by atoms with E-state index in [1.54, 1.807) is 12.1 Å². The molecule has 21 heavy (non-hydrogen) atoms. The normalized spacial score (nSPS) is 24.8. The van der Waals surface area contributed by atoms with Gasteiger partial charge in [-0.1, -0.05) is 38.4 Å². The molecule has 0 radical (unpaired) electrons. The van der Waals surface area contributed by atoms with Crippen molar-refractivity contribution >= 4 is 17.6 Å². The van der Waals surface area contributed by atoms with E-state index in [1.807, 2.05) is 0 Å². The van der Waals surface area contributed by atoms with E-state index in [0.717, 1.165) is 18.4 Å². The van der Waals surface area contributed by atoms with Gasteiger partial charge in [0.05, 0.1) is 18.3 Å². The fourth-order valence-corrected chi connectivity index (χ4v) is 3.63. The van der Waals surface area contributed by atoms with E-state index in [-0.39, 0.29) is 11.7 Å². The zero-order valence-electron chi connectivity index (χ0n) is 12.9. The molecule has 0 spiro atoms. The van der Waals surface area contributed by atoms with Crippen LogP contribution in [-0.4, -0.2) is 17.2 Å². The molecule has 1 aromatic rings. The van der Waals surface area contributed by atoms with Crippen LogP contribution in [0.4, 0.5) is 0 Å². The van der Waals surface area contributed by atoms with Gasteiger partial charge in [-0.2, -0.15) is 0 Å². The lowest BCUT2D eigenvalue weighted by Gasteiger charge is -2.38. The molecule has 0 aromatic heterocycles. The summed E-state index contributed by atoms with van der Waals surface area (Å²) in [6, 6.07) is 4.79. The van der Waals surface area contributed by atoms with Gasteiger partial charge in [0, 0.05) is 5.02 Å². The number of carbonyl (C=O) groups is 1. The Bertz CT molecular complexity index is 525. The number of hydrogen-bond acceptors (Lipinski definition) is 2. The Morgan fingerprint density at radius 2 is 2.14 bits per heavy atom. The van der Waals surface area contributed by atoms with Crippen molar-refractivity contribution in [2.24, 2.45) is 11.3 Å². The number of rotatable bonds is 4. The number of aromatic carboxylic acids is 1. The van der Waals surface area contributed by atoms with Crippen LogP contribution in [0.3, 0.4) is 0 Å². The smallest absolute Gasteiger partial charge is 0.335 e. The third-order valence-electron chi connectivity index (χ3n) is 4.12. The van der Waals surface area contributed by atoms with Crippen LogP contribution in [0.5, 0.6) is 0 Å². The molecule has 1 saturated carbocycles. The second-order valence-electron chi connectivity index (χ2n) is 6.96. The van der Waals surface area contributed by atoms with Gasteiger partial charge in [0.1, 0.15) is 0 Å². The Hall–Kier alpha value is -1.06. The quantitative estimate of drug-likeness (QED) is 0.871. The fourth-order valence-electron chi connectivity index (χ4n) is 3.39. The van der Waals surface area contributed by atoms with Gasteiger partial charge < -0.3 is 9.84 Å². The van der Waals surface area contributed by atoms with Crippen molar-refractivity contribution < 1.29 is 14.6 Å². The van der Waals surface area contributed by atoms with Crippen LogP contribution in [0.2, 0.25) is 5.02 Å². The molecule has 2 rings (SSSR count). The molecule has 1 aliphatic rings. The Morgan fingerprint density at radius 3 is 2.71 bits per heavy atom. The second-order valence-corrected chi connectivity index (χ2v) is 7.36. The molecule has 3 nitrogen and oxygen atoms in total. The van der Waals surface area contributed by atoms with Gasteiger partial charge in [-0.15, -0.1) is 0 Å². The van der Waals surface area contributed by atoms with Crippen molar-refractivity contribution in [3.8, 4) is 0 Å². The first-order chi connectivity index (χ1) is 9.77. The Balaban J connectivity index is 1.98. The maximum Gasteiger partial charge on any atom is 0.335 e. The molecule has 2 unspecified atom stereocenters. The highest BCUT2D eigenvalue weighted by Crippen LogP contribution is 2.40. The summed E-state index contributed by atoms with van der Waals surface area (Å²) in [7, 11) is 0. The van der Waals surface area contributed by atoms with Gasteiger partial charge in [-0.05, 0) is 48.3 Å². The maximum absolute atomic E-state index is 10.9. The average molecular weight is 311 g/mol. The zero-order chi connectivity index (χ0) is 15.6. The van der Waals surface area contributed by atoms with E-state index in [2.05, 4.69) is 20.8 Å². The van der Waals surface area contributed by atoms with Crippen LogP contribution in [0, 0.1) is 11.3 Å². The van der Waals surface area contributed by atoms with E-state index >= 15 is 0 Å². The standard InChI is InChI=1S/C17H23ClO3/c1-11-6-14(9-17(2,3)8-11)21-10-13-5-4-12(16(19)20)7-15(13)18/h4-5,7,11,14H,6,8-10H2,1-3H3,(H,19,20). The summed E-state index contributed by atoms with van der Waals surface area (Å²) in [4.78, 5) is 10.9. The summed E-state index contributed by atoms with van der Waals surface area (Å²) in [5, 5.41) is 9.39. The molecule has 0 amide bonds. The van der Waals surface area contributed by atoms with Crippen molar-refractivity contribution in [1.29, 1.82) is 0 Å². The number of carboxylic acid groups (broad SMARTS) is 1. The average Bonchev–Trinajstić information content (AvgIpc) is 2.34. The van der Waals surface area contributed by atoms with Gasteiger partial charge in [0.15, 0.2) is 0 Å². The summed E-state index contributed by atoms with van der Waals surface area (Å²) in [5.74, 6) is -0.296. The van der Waals surface area contributed by atoms with Crippen LogP contribution in [0.1, 0.15) is 56.0 Å². The molecule has 1 aromatic carbocycles. The van der Waals surface area contributed by atoms with Crippen molar-refractivity contribution in [3.05, 3.63) is 34.3 Å². The molecule has 2 atom stereocenters. The van der Waals surface area contributed by atoms with Gasteiger partial charge in [-0.25, -0.2) is 4.79 Å². The highest BCUT2D eigenvalue weighted by atomic mass is 35.5. The molecular weight excluding hydrogens is 288 g/mol. The summed E-state index contributed by atoms with van der Waals surface area (Å²) in [5.41, 5.74) is 1.37. The second kappa shape index (κ2) is 6.37. The zero-order valence-corrected chi connectivity index (χ0v) is 13.6. The van der Waals surface area contributed by atoms with E-state index in [0.29, 0.717) is 23.0 Å². The van der Waals surface area contributed by atoms with Crippen molar-refractivity contribution in [2.45, 2.75) is 52.7 Å². The maximum atomic E-state index is 10.9. The van der Waals surface area contributed by atoms with E-state index in [9.17, 15) is 4.79 Å². The predicted octanol–water partition coefficient (Wildman–Crippen LogP) is 4.77. The summed E-state index contributed by atoms with van der Waals surface area (Å²) in [6.07, 6.45) is 3.62. The molecular formula is C17H23ClO3. The van der Waals surface area contributed by atoms with Gasteiger partial charge in [0.2, 0.25) is 0 Å². The topological polar surface area (TPSA) is 46.5 Å². The summed E-state index contributed by atoms with van der Waals surface area (Å²) < 4.78 is 6.02. The molecule has 4 heteroatoms. The molecule has 1 aliphatic carbocycles. The minimum atomic E-state index is -0.966. The highest BCUT2D eigenvalue weighted by molar-refractivity contribution is 6.31. The van der Waals surface area contributed by atoms with E-state index in [1.165, 1.54) is 12.5 Å². The summed E-state index contributed by atoms with van der Waals surface area (Å²) in [6.45, 7) is 7.28. The van der Waals surface area contributed by atoms with E-state index < -0.39 is 5.97 Å². The largest absolute Gasteiger partial charge is 0.478 e. The van der Waals surface area contributed by atoms with Crippen molar-refractivity contribution in [1.82, 2.24) is 0 Å². The molecule has 0 saturated heterocycles. The lowest BCUT2D eigenvalue weighted by atomic mass is 9.71.